The van der Waals surface area contributed by atoms with E-state index in [1.807, 2.05) is 18.2 Å². The lowest BCUT2D eigenvalue weighted by atomic mass is 9.74. The number of amides is 1. The maximum absolute atomic E-state index is 13.2. The van der Waals surface area contributed by atoms with Gasteiger partial charge in [-0.05, 0) is 61.9 Å². The number of carbonyl (C=O) groups excluding carboxylic acids is 1. The standard InChI is InChI=1S/C19H24N2O2/c22-17-5-4-13-10-21(16-11-20-8-6-12(16)7-9-20)19(23)15-3-1-2-14(17)18(13)15/h1-3,12-13,16-17,22H,4-11H2/t13-,16+,17+/m0/s1. The Bertz CT molecular complexity index is 651. The smallest absolute Gasteiger partial charge is 0.254 e. The van der Waals surface area contributed by atoms with E-state index < -0.39 is 6.10 Å². The van der Waals surface area contributed by atoms with Crippen LogP contribution in [-0.4, -0.2) is 53.0 Å². The maximum atomic E-state index is 13.2. The molecule has 3 atom stereocenters. The summed E-state index contributed by atoms with van der Waals surface area (Å²) in [7, 11) is 0. The normalized spacial score (nSPS) is 38.6. The molecule has 0 spiro atoms. The molecule has 1 aromatic rings. The molecule has 5 aliphatic rings. The van der Waals surface area contributed by atoms with Gasteiger partial charge in [-0.25, -0.2) is 0 Å². The second-order valence-corrected chi connectivity index (χ2v) is 7.76. The van der Waals surface area contributed by atoms with Gasteiger partial charge in [0.05, 0.1) is 6.10 Å². The van der Waals surface area contributed by atoms with Crippen LogP contribution in [-0.2, 0) is 0 Å². The van der Waals surface area contributed by atoms with Crippen LogP contribution in [0.4, 0.5) is 0 Å². The summed E-state index contributed by atoms with van der Waals surface area (Å²) in [6.45, 7) is 4.32. The molecule has 4 aliphatic heterocycles. The van der Waals surface area contributed by atoms with Crippen LogP contribution in [0, 0.1) is 5.92 Å². The molecular weight excluding hydrogens is 288 g/mol. The highest BCUT2D eigenvalue weighted by Gasteiger charge is 2.44. The minimum absolute atomic E-state index is 0.200. The molecule has 1 aliphatic carbocycles. The Kier molecular flexibility index (Phi) is 3.07. The first-order valence-electron chi connectivity index (χ1n) is 9.06. The molecule has 2 bridgehead atoms. The van der Waals surface area contributed by atoms with Crippen LogP contribution in [0.25, 0.3) is 0 Å². The summed E-state index contributed by atoms with van der Waals surface area (Å²) in [5.74, 6) is 1.30. The third-order valence-corrected chi connectivity index (χ3v) is 6.63. The van der Waals surface area contributed by atoms with Crippen LogP contribution < -0.4 is 0 Å². The van der Waals surface area contributed by atoms with E-state index in [4.69, 9.17) is 0 Å². The van der Waals surface area contributed by atoms with E-state index >= 15 is 0 Å². The van der Waals surface area contributed by atoms with Crippen molar-refractivity contribution in [1.82, 2.24) is 9.80 Å². The van der Waals surface area contributed by atoms with Crippen molar-refractivity contribution in [3.63, 3.8) is 0 Å². The number of nitrogens with zero attached hydrogens (tertiary/aromatic N) is 2. The number of aliphatic hydroxyl groups is 1. The van der Waals surface area contributed by atoms with Crippen molar-refractivity contribution in [2.75, 3.05) is 26.2 Å². The fourth-order valence-corrected chi connectivity index (χ4v) is 5.41. The number of hydrogen-bond acceptors (Lipinski definition) is 3. The monoisotopic (exact) mass is 312 g/mol. The zero-order chi connectivity index (χ0) is 15.6. The zero-order valence-electron chi connectivity index (χ0n) is 13.4. The number of rotatable bonds is 1. The first kappa shape index (κ1) is 14.0. The molecule has 4 heteroatoms. The molecule has 3 saturated heterocycles. The SMILES string of the molecule is O=C1c2cccc3c2[C@@H](CC[C@H]3O)CN1[C@@H]1CN2CCC1CC2. The van der Waals surface area contributed by atoms with Crippen LogP contribution in [0.2, 0.25) is 0 Å². The average molecular weight is 312 g/mol. The highest BCUT2D eigenvalue weighted by atomic mass is 16.3. The van der Waals surface area contributed by atoms with Crippen molar-refractivity contribution in [3.05, 3.63) is 34.9 Å². The van der Waals surface area contributed by atoms with E-state index in [2.05, 4.69) is 9.80 Å². The molecule has 4 nitrogen and oxygen atoms in total. The maximum Gasteiger partial charge on any atom is 0.254 e. The van der Waals surface area contributed by atoms with Gasteiger partial charge in [0.2, 0.25) is 0 Å². The Labute approximate surface area is 137 Å². The van der Waals surface area contributed by atoms with E-state index in [0.717, 1.165) is 42.6 Å². The van der Waals surface area contributed by atoms with Crippen LogP contribution in [0.3, 0.4) is 0 Å². The fraction of sp³-hybridized carbons (Fsp3) is 0.632. The summed E-state index contributed by atoms with van der Waals surface area (Å²) in [5, 5.41) is 10.3. The Morgan fingerprint density at radius 3 is 2.61 bits per heavy atom. The second kappa shape index (κ2) is 5.05. The van der Waals surface area contributed by atoms with Gasteiger partial charge in [-0.1, -0.05) is 12.1 Å². The van der Waals surface area contributed by atoms with Crippen LogP contribution in [0.15, 0.2) is 18.2 Å². The highest BCUT2D eigenvalue weighted by Crippen LogP contribution is 2.44. The van der Waals surface area contributed by atoms with E-state index in [0.29, 0.717) is 17.9 Å². The van der Waals surface area contributed by atoms with E-state index in [1.165, 1.54) is 25.9 Å². The Morgan fingerprint density at radius 1 is 1.04 bits per heavy atom. The van der Waals surface area contributed by atoms with Crippen molar-refractivity contribution >= 4 is 5.91 Å². The van der Waals surface area contributed by atoms with Crippen molar-refractivity contribution in [2.24, 2.45) is 5.92 Å². The van der Waals surface area contributed by atoms with Crippen molar-refractivity contribution in [1.29, 1.82) is 0 Å². The third kappa shape index (κ3) is 2.01. The van der Waals surface area contributed by atoms with Crippen molar-refractivity contribution < 1.29 is 9.90 Å². The van der Waals surface area contributed by atoms with Crippen LogP contribution >= 0.6 is 0 Å². The van der Waals surface area contributed by atoms with Crippen LogP contribution in [0.5, 0.6) is 0 Å². The Balaban J connectivity index is 1.53. The van der Waals surface area contributed by atoms with Gasteiger partial charge in [0, 0.05) is 30.6 Å². The molecule has 1 amide bonds. The fourth-order valence-electron chi connectivity index (χ4n) is 5.41. The molecule has 0 unspecified atom stereocenters. The molecule has 0 radical (unpaired) electrons. The minimum Gasteiger partial charge on any atom is -0.388 e. The molecule has 3 fully saturated rings. The number of hydrogen-bond donors (Lipinski definition) is 1. The second-order valence-electron chi connectivity index (χ2n) is 7.76. The first-order chi connectivity index (χ1) is 11.2. The van der Waals surface area contributed by atoms with Gasteiger partial charge in [-0.15, -0.1) is 0 Å². The molecule has 0 aromatic heterocycles. The van der Waals surface area contributed by atoms with Gasteiger partial charge in [-0.2, -0.15) is 0 Å². The van der Waals surface area contributed by atoms with Gasteiger partial charge < -0.3 is 14.9 Å². The molecule has 23 heavy (non-hydrogen) atoms. The number of piperidine rings is 3. The molecule has 4 heterocycles. The predicted octanol–water partition coefficient (Wildman–Crippen LogP) is 2.15. The van der Waals surface area contributed by atoms with Gasteiger partial charge in [0.1, 0.15) is 0 Å². The van der Waals surface area contributed by atoms with E-state index in [-0.39, 0.29) is 5.91 Å². The quantitative estimate of drug-likeness (QED) is 0.864. The number of aliphatic hydroxyl groups excluding tert-OH is 1. The minimum atomic E-state index is -0.391. The Hall–Kier alpha value is -1.39. The summed E-state index contributed by atoms with van der Waals surface area (Å²) in [4.78, 5) is 17.9. The lowest BCUT2D eigenvalue weighted by Crippen LogP contribution is -2.60. The topological polar surface area (TPSA) is 43.8 Å². The lowest BCUT2D eigenvalue weighted by molar-refractivity contribution is 0.00143. The van der Waals surface area contributed by atoms with Gasteiger partial charge >= 0.3 is 0 Å². The molecule has 6 rings (SSSR count). The number of carbonyl (C=O) groups is 1. The van der Waals surface area contributed by atoms with E-state index in [9.17, 15) is 9.90 Å². The first-order valence-corrected chi connectivity index (χ1v) is 9.06. The van der Waals surface area contributed by atoms with E-state index in [1.54, 1.807) is 0 Å². The highest BCUT2D eigenvalue weighted by molar-refractivity contribution is 5.98. The lowest BCUT2D eigenvalue weighted by Gasteiger charge is -2.51. The molecule has 122 valence electrons. The van der Waals surface area contributed by atoms with Crippen LogP contribution in [0.1, 0.15) is 59.2 Å². The van der Waals surface area contributed by atoms with Gasteiger partial charge in [0.15, 0.2) is 0 Å². The largest absolute Gasteiger partial charge is 0.388 e. The zero-order valence-corrected chi connectivity index (χ0v) is 13.4. The third-order valence-electron chi connectivity index (χ3n) is 6.63. The molecular formula is C19H24N2O2. The number of fused-ring (bicyclic) bond motifs is 3. The van der Waals surface area contributed by atoms with Gasteiger partial charge in [-0.3, -0.25) is 4.79 Å². The number of benzene rings is 1. The van der Waals surface area contributed by atoms with Crippen molar-refractivity contribution in [2.45, 2.75) is 43.7 Å². The predicted molar refractivity (Wildman–Crippen MR) is 87.4 cm³/mol. The molecule has 1 N–H and O–H groups in total. The summed E-state index contributed by atoms with van der Waals surface area (Å²) >= 11 is 0. The Morgan fingerprint density at radius 2 is 1.87 bits per heavy atom. The summed E-state index contributed by atoms with van der Waals surface area (Å²) in [6.07, 6.45) is 3.91. The summed E-state index contributed by atoms with van der Waals surface area (Å²) in [5.41, 5.74) is 3.00. The summed E-state index contributed by atoms with van der Waals surface area (Å²) in [6, 6.07) is 6.32. The summed E-state index contributed by atoms with van der Waals surface area (Å²) < 4.78 is 0. The van der Waals surface area contributed by atoms with Gasteiger partial charge in [0.25, 0.3) is 5.91 Å². The molecule has 1 aromatic carbocycles. The molecule has 0 saturated carbocycles. The van der Waals surface area contributed by atoms with Crippen molar-refractivity contribution in [3.8, 4) is 0 Å². The average Bonchev–Trinajstić information content (AvgIpc) is 2.61.